The summed E-state index contributed by atoms with van der Waals surface area (Å²) in [5.74, 6) is 1.83. The van der Waals surface area contributed by atoms with Crippen LogP contribution >= 0.6 is 24.0 Å². The third kappa shape index (κ3) is 13.7. The van der Waals surface area contributed by atoms with Gasteiger partial charge in [-0.1, -0.05) is 31.4 Å². The number of ether oxygens (including phenoxy) is 1. The van der Waals surface area contributed by atoms with E-state index in [0.717, 1.165) is 44.2 Å². The topological polar surface area (TPSA) is 48.9 Å². The zero-order valence-corrected chi connectivity index (χ0v) is 19.9. The van der Waals surface area contributed by atoms with E-state index in [0.29, 0.717) is 0 Å². The largest absolute Gasteiger partial charge is 0.497 e. The van der Waals surface area contributed by atoms with Gasteiger partial charge in [0.1, 0.15) is 5.75 Å². The molecule has 5 nitrogen and oxygen atoms in total. The van der Waals surface area contributed by atoms with E-state index < -0.39 is 0 Å². The number of benzene rings is 1. The highest BCUT2D eigenvalue weighted by Gasteiger charge is 1.99. The van der Waals surface area contributed by atoms with Crippen molar-refractivity contribution in [3.8, 4) is 5.75 Å². The van der Waals surface area contributed by atoms with Gasteiger partial charge in [0.05, 0.1) is 7.11 Å². The molecular weight excluding hydrogens is 451 g/mol. The summed E-state index contributed by atoms with van der Waals surface area (Å²) in [6.45, 7) is 5.96. The first-order chi connectivity index (χ1) is 12.7. The molecule has 0 bridgehead atoms. The van der Waals surface area contributed by atoms with Gasteiger partial charge >= 0.3 is 0 Å². The number of guanidine groups is 1. The molecule has 0 fully saturated rings. The van der Waals surface area contributed by atoms with Crippen LogP contribution in [0.4, 0.5) is 0 Å². The molecule has 6 heteroatoms. The van der Waals surface area contributed by atoms with Gasteiger partial charge in [0, 0.05) is 19.6 Å². The summed E-state index contributed by atoms with van der Waals surface area (Å²) in [6.07, 6.45) is 7.33. The molecule has 0 saturated carbocycles. The second kappa shape index (κ2) is 17.1. The molecule has 0 aliphatic heterocycles. The van der Waals surface area contributed by atoms with Crippen LogP contribution in [0.5, 0.6) is 5.75 Å². The molecule has 1 rings (SSSR count). The molecule has 156 valence electrons. The minimum absolute atomic E-state index is 0. The lowest BCUT2D eigenvalue weighted by atomic mass is 10.1. The molecule has 0 saturated heterocycles. The van der Waals surface area contributed by atoms with E-state index in [1.54, 1.807) is 7.11 Å². The number of nitrogens with one attached hydrogen (secondary N) is 2. The van der Waals surface area contributed by atoms with Gasteiger partial charge in [0.2, 0.25) is 0 Å². The molecule has 0 radical (unpaired) electrons. The van der Waals surface area contributed by atoms with Crippen LogP contribution in [0.2, 0.25) is 0 Å². The minimum atomic E-state index is 0. The summed E-state index contributed by atoms with van der Waals surface area (Å²) in [6, 6.07) is 8.24. The van der Waals surface area contributed by atoms with E-state index in [4.69, 9.17) is 4.74 Å². The first-order valence-electron chi connectivity index (χ1n) is 9.95. The van der Waals surface area contributed by atoms with Gasteiger partial charge in [-0.25, -0.2) is 0 Å². The lowest BCUT2D eigenvalue weighted by Crippen LogP contribution is -2.38. The van der Waals surface area contributed by atoms with E-state index in [-0.39, 0.29) is 24.0 Å². The fourth-order valence-corrected chi connectivity index (χ4v) is 2.72. The van der Waals surface area contributed by atoms with Crippen LogP contribution in [-0.2, 0) is 6.42 Å². The van der Waals surface area contributed by atoms with Gasteiger partial charge in [0.15, 0.2) is 5.96 Å². The first-order valence-corrected chi connectivity index (χ1v) is 9.95. The number of hydrogen-bond acceptors (Lipinski definition) is 3. The summed E-state index contributed by atoms with van der Waals surface area (Å²) in [5.41, 5.74) is 1.30. The number of rotatable bonds is 13. The van der Waals surface area contributed by atoms with Crippen molar-refractivity contribution < 1.29 is 4.74 Å². The monoisotopic (exact) mass is 490 g/mol. The Morgan fingerprint density at radius 3 is 2.30 bits per heavy atom. The fraction of sp³-hybridized carbons (Fsp3) is 0.667. The number of unbranched alkanes of at least 4 members (excludes halogenated alkanes) is 4. The van der Waals surface area contributed by atoms with Crippen molar-refractivity contribution >= 4 is 29.9 Å². The maximum absolute atomic E-state index is 5.19. The Morgan fingerprint density at radius 1 is 1.00 bits per heavy atom. The lowest BCUT2D eigenvalue weighted by Gasteiger charge is -2.11. The summed E-state index contributed by atoms with van der Waals surface area (Å²) in [7, 11) is 5.97. The molecule has 0 aliphatic rings. The predicted molar refractivity (Wildman–Crippen MR) is 128 cm³/mol. The second-order valence-electron chi connectivity index (χ2n) is 6.86. The smallest absolute Gasteiger partial charge is 0.191 e. The molecule has 2 N–H and O–H groups in total. The average Bonchev–Trinajstić information content (AvgIpc) is 2.64. The average molecular weight is 490 g/mol. The third-order valence-electron chi connectivity index (χ3n) is 4.24. The second-order valence-corrected chi connectivity index (χ2v) is 6.86. The maximum atomic E-state index is 5.19. The fourth-order valence-electron chi connectivity index (χ4n) is 2.72. The van der Waals surface area contributed by atoms with Crippen LogP contribution in [0.1, 0.15) is 44.6 Å². The van der Waals surface area contributed by atoms with Gasteiger partial charge < -0.3 is 20.3 Å². The Labute approximate surface area is 183 Å². The number of hydrogen-bond donors (Lipinski definition) is 2. The van der Waals surface area contributed by atoms with Crippen molar-refractivity contribution in [2.45, 2.75) is 45.4 Å². The van der Waals surface area contributed by atoms with Gasteiger partial charge in [-0.05, 0) is 64.5 Å². The Morgan fingerprint density at radius 2 is 1.67 bits per heavy atom. The van der Waals surface area contributed by atoms with E-state index in [1.807, 2.05) is 12.1 Å². The zero-order valence-electron chi connectivity index (χ0n) is 17.6. The van der Waals surface area contributed by atoms with Crippen molar-refractivity contribution in [1.29, 1.82) is 0 Å². The molecule has 0 heterocycles. The number of halogens is 1. The summed E-state index contributed by atoms with van der Waals surface area (Å²) in [5, 5.41) is 6.75. The molecular formula is C21H39IN4O. The summed E-state index contributed by atoms with van der Waals surface area (Å²) >= 11 is 0. The van der Waals surface area contributed by atoms with E-state index >= 15 is 0 Å². The molecule has 1 aromatic carbocycles. The summed E-state index contributed by atoms with van der Waals surface area (Å²) in [4.78, 5) is 6.94. The standard InChI is InChI=1S/C21H38N4O.HI/c1-5-22-21(23-16-9-7-6-8-10-18-25(2)3)24-17-15-19-11-13-20(26-4)14-12-19;/h11-14H,5-10,15-18H2,1-4H3,(H2,22,23,24);1H. The van der Waals surface area contributed by atoms with E-state index in [9.17, 15) is 0 Å². The van der Waals surface area contributed by atoms with Crippen LogP contribution in [0.15, 0.2) is 29.3 Å². The van der Waals surface area contributed by atoms with Crippen LogP contribution in [0, 0.1) is 0 Å². The maximum Gasteiger partial charge on any atom is 0.191 e. The van der Waals surface area contributed by atoms with Gasteiger partial charge in [-0.2, -0.15) is 0 Å². The quantitative estimate of drug-likeness (QED) is 0.191. The highest BCUT2D eigenvalue weighted by molar-refractivity contribution is 14.0. The van der Waals surface area contributed by atoms with Crippen molar-refractivity contribution in [3.05, 3.63) is 29.8 Å². The molecule has 0 aromatic heterocycles. The highest BCUT2D eigenvalue weighted by Crippen LogP contribution is 2.11. The van der Waals surface area contributed by atoms with Crippen molar-refractivity contribution in [2.24, 2.45) is 4.99 Å². The minimum Gasteiger partial charge on any atom is -0.497 e. The molecule has 0 spiro atoms. The summed E-state index contributed by atoms with van der Waals surface area (Å²) < 4.78 is 5.19. The van der Waals surface area contributed by atoms with E-state index in [2.05, 4.69) is 53.7 Å². The molecule has 0 atom stereocenters. The Hall–Kier alpha value is -1.02. The third-order valence-corrected chi connectivity index (χ3v) is 4.24. The molecule has 27 heavy (non-hydrogen) atoms. The van der Waals surface area contributed by atoms with Crippen molar-refractivity contribution in [2.75, 3.05) is 47.4 Å². The van der Waals surface area contributed by atoms with Crippen molar-refractivity contribution in [3.63, 3.8) is 0 Å². The van der Waals surface area contributed by atoms with Crippen LogP contribution < -0.4 is 15.4 Å². The Kier molecular flexibility index (Phi) is 16.5. The van der Waals surface area contributed by atoms with E-state index in [1.165, 1.54) is 37.8 Å². The molecule has 0 amide bonds. The number of aliphatic imine (C=N–C) groups is 1. The predicted octanol–water partition coefficient (Wildman–Crippen LogP) is 3.92. The highest BCUT2D eigenvalue weighted by atomic mass is 127. The molecule has 0 unspecified atom stereocenters. The van der Waals surface area contributed by atoms with Gasteiger partial charge in [-0.15, -0.1) is 24.0 Å². The van der Waals surface area contributed by atoms with Crippen LogP contribution in [0.3, 0.4) is 0 Å². The van der Waals surface area contributed by atoms with Crippen LogP contribution in [0.25, 0.3) is 0 Å². The molecule has 1 aromatic rings. The lowest BCUT2D eigenvalue weighted by molar-refractivity contribution is 0.390. The van der Waals surface area contributed by atoms with Gasteiger partial charge in [-0.3, -0.25) is 4.99 Å². The van der Waals surface area contributed by atoms with Crippen LogP contribution in [-0.4, -0.2) is 58.2 Å². The molecule has 0 aliphatic carbocycles. The first kappa shape index (κ1) is 26.0. The van der Waals surface area contributed by atoms with Gasteiger partial charge in [0.25, 0.3) is 0 Å². The Bertz CT molecular complexity index is 491. The Balaban J connectivity index is 0.00000676. The number of nitrogens with zero attached hydrogens (tertiary/aromatic N) is 2. The number of methoxy groups -OCH3 is 1. The normalized spacial score (nSPS) is 11.2. The van der Waals surface area contributed by atoms with Crippen molar-refractivity contribution in [1.82, 2.24) is 15.5 Å². The zero-order chi connectivity index (χ0) is 19.0. The SMILES string of the molecule is CCNC(=NCCCCCCCN(C)C)NCCc1ccc(OC)cc1.I.